The number of aldehydes is 1. The first-order valence-corrected chi connectivity index (χ1v) is 13.5. The van der Waals surface area contributed by atoms with Crippen molar-refractivity contribution in [3.63, 3.8) is 0 Å². The summed E-state index contributed by atoms with van der Waals surface area (Å²) in [4.78, 5) is 25.4. The molecule has 0 bridgehead atoms. The highest BCUT2D eigenvalue weighted by atomic mass is 16.1. The molecule has 0 radical (unpaired) electrons. The average Bonchev–Trinajstić information content (AvgIpc) is 2.71. The number of carbonyl (C=O) groups excluding carboxylic acids is 2. The van der Waals surface area contributed by atoms with Crippen LogP contribution >= 0.6 is 0 Å². The van der Waals surface area contributed by atoms with Gasteiger partial charge in [-0.3, -0.25) is 4.79 Å². The summed E-state index contributed by atoms with van der Waals surface area (Å²) in [5.41, 5.74) is 2.34. The summed E-state index contributed by atoms with van der Waals surface area (Å²) in [5.74, 6) is 2.05. The Labute approximate surface area is 196 Å². The third-order valence-electron chi connectivity index (χ3n) is 12.7. The standard InChI is InChI=1S/C30H46O2/c1-25(2)14-16-30(19-31)17-15-28(6)20(21(30)18-25)8-9-23-27(5)12-11-24(32)26(3,4)22(27)10-13-29(23,28)7/h8,19,21-23H,9-18H2,1-7H3/t21-,22?,23?,27-,28-,29+,30?/m0/s1. The van der Waals surface area contributed by atoms with Gasteiger partial charge in [0.1, 0.15) is 12.1 Å². The highest BCUT2D eigenvalue weighted by Crippen LogP contribution is 2.75. The molecular weight excluding hydrogens is 392 g/mol. The van der Waals surface area contributed by atoms with Crippen LogP contribution < -0.4 is 0 Å². The van der Waals surface area contributed by atoms with Crippen molar-refractivity contribution in [2.24, 2.45) is 50.2 Å². The Kier molecular flexibility index (Phi) is 4.71. The van der Waals surface area contributed by atoms with Gasteiger partial charge in [-0.25, -0.2) is 0 Å². The quantitative estimate of drug-likeness (QED) is 0.313. The lowest BCUT2D eigenvalue weighted by Gasteiger charge is -2.70. The Balaban J connectivity index is 1.59. The number of Topliss-reactive ketones (excluding diaryl/α,β-unsaturated/α-hetero) is 1. The van der Waals surface area contributed by atoms with Crippen LogP contribution in [0.25, 0.3) is 0 Å². The van der Waals surface area contributed by atoms with Gasteiger partial charge in [-0.15, -0.1) is 0 Å². The highest BCUT2D eigenvalue weighted by Gasteiger charge is 2.68. The molecule has 2 heteroatoms. The molecule has 0 heterocycles. The van der Waals surface area contributed by atoms with E-state index in [4.69, 9.17) is 0 Å². The second-order valence-electron chi connectivity index (χ2n) is 14.7. The van der Waals surface area contributed by atoms with Crippen molar-refractivity contribution >= 4 is 12.1 Å². The van der Waals surface area contributed by atoms with Crippen LogP contribution in [0.4, 0.5) is 0 Å². The third-order valence-corrected chi connectivity index (χ3v) is 12.7. The van der Waals surface area contributed by atoms with Crippen LogP contribution in [0.15, 0.2) is 11.6 Å². The molecule has 4 fully saturated rings. The van der Waals surface area contributed by atoms with Crippen molar-refractivity contribution in [1.29, 1.82) is 0 Å². The van der Waals surface area contributed by atoms with E-state index in [1.54, 1.807) is 5.57 Å². The molecule has 7 atom stereocenters. The maximum absolute atomic E-state index is 12.9. The Morgan fingerprint density at radius 3 is 2.25 bits per heavy atom. The summed E-state index contributed by atoms with van der Waals surface area (Å²) >= 11 is 0. The fourth-order valence-electron chi connectivity index (χ4n) is 10.3. The normalized spacial score (nSPS) is 51.4. The smallest absolute Gasteiger partial charge is 0.138 e. The maximum atomic E-state index is 12.9. The first-order valence-electron chi connectivity index (χ1n) is 13.5. The first-order chi connectivity index (χ1) is 14.8. The van der Waals surface area contributed by atoms with Crippen LogP contribution in [0.2, 0.25) is 0 Å². The Morgan fingerprint density at radius 2 is 1.56 bits per heavy atom. The summed E-state index contributed by atoms with van der Waals surface area (Å²) in [7, 11) is 0. The number of carbonyl (C=O) groups is 2. The largest absolute Gasteiger partial charge is 0.303 e. The van der Waals surface area contributed by atoms with Crippen LogP contribution in [0.5, 0.6) is 0 Å². The number of ketones is 1. The summed E-state index contributed by atoms with van der Waals surface area (Å²) in [6.45, 7) is 17.0. The molecule has 0 spiro atoms. The lowest BCUT2D eigenvalue weighted by molar-refractivity contribution is -0.184. The predicted molar refractivity (Wildman–Crippen MR) is 130 cm³/mol. The molecule has 2 nitrogen and oxygen atoms in total. The van der Waals surface area contributed by atoms with Crippen molar-refractivity contribution in [3.05, 3.63) is 11.6 Å². The summed E-state index contributed by atoms with van der Waals surface area (Å²) in [6, 6.07) is 0. The number of hydrogen-bond acceptors (Lipinski definition) is 2. The topological polar surface area (TPSA) is 34.1 Å². The highest BCUT2D eigenvalue weighted by molar-refractivity contribution is 5.85. The fourth-order valence-corrected chi connectivity index (χ4v) is 10.3. The van der Waals surface area contributed by atoms with Gasteiger partial charge in [-0.2, -0.15) is 0 Å². The van der Waals surface area contributed by atoms with Gasteiger partial charge in [0, 0.05) is 17.3 Å². The zero-order chi connectivity index (χ0) is 23.4. The van der Waals surface area contributed by atoms with Crippen LogP contribution in [-0.2, 0) is 9.59 Å². The van der Waals surface area contributed by atoms with E-state index in [0.717, 1.165) is 44.9 Å². The molecular formula is C30H46O2. The zero-order valence-corrected chi connectivity index (χ0v) is 21.8. The van der Waals surface area contributed by atoms with Crippen LogP contribution in [0.1, 0.15) is 113 Å². The maximum Gasteiger partial charge on any atom is 0.138 e. The number of hydrogen-bond donors (Lipinski definition) is 0. The Morgan fingerprint density at radius 1 is 0.875 bits per heavy atom. The van der Waals surface area contributed by atoms with E-state index in [1.165, 1.54) is 25.5 Å². The lowest BCUT2D eigenvalue weighted by Crippen LogP contribution is -2.64. The van der Waals surface area contributed by atoms with Crippen molar-refractivity contribution in [2.75, 3.05) is 0 Å². The van der Waals surface area contributed by atoms with Gasteiger partial charge >= 0.3 is 0 Å². The molecule has 0 aromatic rings. The van der Waals surface area contributed by atoms with Gasteiger partial charge in [0.2, 0.25) is 0 Å². The van der Waals surface area contributed by atoms with E-state index in [-0.39, 0.29) is 27.1 Å². The monoisotopic (exact) mass is 438 g/mol. The third kappa shape index (κ3) is 2.65. The zero-order valence-electron chi connectivity index (χ0n) is 21.8. The summed E-state index contributed by atoms with van der Waals surface area (Å²) < 4.78 is 0. The van der Waals surface area contributed by atoms with E-state index >= 15 is 0 Å². The summed E-state index contributed by atoms with van der Waals surface area (Å²) in [6.07, 6.45) is 15.0. The van der Waals surface area contributed by atoms with Gasteiger partial charge in [0.25, 0.3) is 0 Å². The van der Waals surface area contributed by atoms with Gasteiger partial charge in [-0.1, -0.05) is 60.1 Å². The average molecular weight is 439 g/mol. The Hall–Kier alpha value is -0.920. The number of allylic oxidation sites excluding steroid dienone is 2. The van der Waals surface area contributed by atoms with Gasteiger partial charge in [0.15, 0.2) is 0 Å². The molecule has 0 saturated heterocycles. The van der Waals surface area contributed by atoms with Crippen LogP contribution in [0, 0.1) is 50.2 Å². The SMILES string of the molecule is CC1(C)CCC2(C=O)CC[C@@]3(C)C(=CCC4[C@@]5(C)CCC(=O)C(C)(C)C5CC[C@]43C)[C@@H]2C1. The van der Waals surface area contributed by atoms with Crippen molar-refractivity contribution in [1.82, 2.24) is 0 Å². The Bertz CT molecular complexity index is 879. The van der Waals surface area contributed by atoms with Crippen molar-refractivity contribution < 1.29 is 9.59 Å². The van der Waals surface area contributed by atoms with Gasteiger partial charge in [0.05, 0.1) is 0 Å². The molecule has 0 aromatic heterocycles. The van der Waals surface area contributed by atoms with E-state index < -0.39 is 0 Å². The molecule has 5 rings (SSSR count). The van der Waals surface area contributed by atoms with Crippen LogP contribution in [-0.4, -0.2) is 12.1 Å². The molecule has 0 aromatic carbocycles. The van der Waals surface area contributed by atoms with E-state index in [0.29, 0.717) is 29.0 Å². The molecule has 3 unspecified atom stereocenters. The fraction of sp³-hybridized carbons (Fsp3) is 0.867. The molecule has 0 amide bonds. The van der Waals surface area contributed by atoms with Crippen LogP contribution in [0.3, 0.4) is 0 Å². The van der Waals surface area contributed by atoms with E-state index in [2.05, 4.69) is 54.5 Å². The van der Waals surface area contributed by atoms with Gasteiger partial charge in [-0.05, 0) is 97.2 Å². The molecule has 32 heavy (non-hydrogen) atoms. The first kappa shape index (κ1) is 22.9. The van der Waals surface area contributed by atoms with Gasteiger partial charge < -0.3 is 4.79 Å². The minimum atomic E-state index is -0.189. The molecule has 0 N–H and O–H groups in total. The molecule has 5 aliphatic rings. The van der Waals surface area contributed by atoms with Crippen molar-refractivity contribution in [3.8, 4) is 0 Å². The predicted octanol–water partition coefficient (Wildman–Crippen LogP) is 7.56. The molecule has 0 aliphatic heterocycles. The number of fused-ring (bicyclic) bond motifs is 7. The molecule has 5 aliphatic carbocycles. The minimum absolute atomic E-state index is 0.121. The summed E-state index contributed by atoms with van der Waals surface area (Å²) in [5, 5.41) is 0. The lowest BCUT2D eigenvalue weighted by atomic mass is 9.33. The van der Waals surface area contributed by atoms with E-state index in [1.807, 2.05) is 0 Å². The molecule has 4 saturated carbocycles. The molecule has 178 valence electrons. The van der Waals surface area contributed by atoms with Crippen molar-refractivity contribution in [2.45, 2.75) is 113 Å². The second-order valence-corrected chi connectivity index (χ2v) is 14.7. The number of rotatable bonds is 1. The second kappa shape index (κ2) is 6.60. The minimum Gasteiger partial charge on any atom is -0.303 e. The van der Waals surface area contributed by atoms with E-state index in [9.17, 15) is 9.59 Å².